The van der Waals surface area contributed by atoms with Crippen molar-refractivity contribution in [3.05, 3.63) is 120 Å². The molecule has 0 spiro atoms. The lowest BCUT2D eigenvalue weighted by Crippen LogP contribution is -2.66. The Bertz CT molecular complexity index is 1400. The largest absolute Gasteiger partial charge is 0.406 e. The molecule has 1 aliphatic rings. The summed E-state index contributed by atoms with van der Waals surface area (Å²) in [5.74, 6) is 2.22. The highest BCUT2D eigenvalue weighted by atomic mass is 28.4. The molecule has 41 heavy (non-hydrogen) atoms. The Morgan fingerprint density at radius 3 is 1.98 bits per heavy atom. The van der Waals surface area contributed by atoms with Gasteiger partial charge in [0.25, 0.3) is 8.32 Å². The number of benzene rings is 4. The molecule has 3 atom stereocenters. The van der Waals surface area contributed by atoms with Gasteiger partial charge in [0.05, 0.1) is 0 Å². The second kappa shape index (κ2) is 12.5. The maximum absolute atomic E-state index is 7.59. The van der Waals surface area contributed by atoms with E-state index in [4.69, 9.17) is 4.43 Å². The van der Waals surface area contributed by atoms with Crippen molar-refractivity contribution in [3.8, 4) is 0 Å². The fraction of sp³-hybridized carbons (Fsp3) is 0.385. The van der Waals surface area contributed by atoms with Gasteiger partial charge in [-0.2, -0.15) is 0 Å². The fourth-order valence-electron chi connectivity index (χ4n) is 7.29. The van der Waals surface area contributed by atoms with Crippen LogP contribution in [0.5, 0.6) is 0 Å². The predicted octanol–water partition coefficient (Wildman–Crippen LogP) is 9.52. The van der Waals surface area contributed by atoms with E-state index >= 15 is 0 Å². The summed E-state index contributed by atoms with van der Waals surface area (Å²) in [6.07, 6.45) is 6.46. The topological polar surface area (TPSA) is 9.23 Å². The number of fused-ring (bicyclic) bond motifs is 1. The molecular formula is C39H48OSi. The van der Waals surface area contributed by atoms with Crippen LogP contribution in [0, 0.1) is 17.8 Å². The molecule has 0 aromatic heterocycles. The van der Waals surface area contributed by atoms with E-state index in [0.29, 0.717) is 18.4 Å². The lowest BCUT2D eigenvalue weighted by molar-refractivity contribution is 0.280. The quantitative estimate of drug-likeness (QED) is 0.154. The summed E-state index contributed by atoms with van der Waals surface area (Å²) < 4.78 is 7.59. The van der Waals surface area contributed by atoms with Crippen molar-refractivity contribution in [2.45, 2.75) is 71.8 Å². The zero-order valence-electron chi connectivity index (χ0n) is 25.9. The van der Waals surface area contributed by atoms with Gasteiger partial charge in [0.2, 0.25) is 0 Å². The van der Waals surface area contributed by atoms with Gasteiger partial charge in [-0.25, -0.2) is 0 Å². The predicted molar refractivity (Wildman–Crippen MR) is 180 cm³/mol. The third-order valence-electron chi connectivity index (χ3n) is 9.37. The molecule has 5 rings (SSSR count). The summed E-state index contributed by atoms with van der Waals surface area (Å²) in [6.45, 7) is 15.0. The van der Waals surface area contributed by atoms with Crippen molar-refractivity contribution in [1.82, 2.24) is 0 Å². The van der Waals surface area contributed by atoms with E-state index in [1.807, 2.05) is 0 Å². The molecule has 0 saturated heterocycles. The summed E-state index contributed by atoms with van der Waals surface area (Å²) in [4.78, 5) is 0. The molecule has 1 nitrogen and oxygen atoms in total. The normalized spacial score (nSPS) is 20.0. The molecule has 0 amide bonds. The van der Waals surface area contributed by atoms with Crippen molar-refractivity contribution < 1.29 is 4.43 Å². The molecule has 2 heteroatoms. The van der Waals surface area contributed by atoms with Crippen LogP contribution in [0.1, 0.15) is 72.3 Å². The first-order chi connectivity index (χ1) is 19.7. The number of allylic oxidation sites excluding steroid dienone is 1. The SMILES string of the molecule is CC(C)[C@@H]1CC[C@@H](C)C/C1=C\[C@H](CO[Si](c1ccccc1)(c1ccccc1)C(C)(C)C)c1cccc2ccccc12. The fourth-order valence-corrected chi connectivity index (χ4v) is 11.9. The molecule has 214 valence electrons. The average Bonchev–Trinajstić information content (AvgIpc) is 2.97. The molecule has 0 aliphatic heterocycles. The third kappa shape index (κ3) is 6.15. The van der Waals surface area contributed by atoms with Crippen molar-refractivity contribution in [1.29, 1.82) is 0 Å². The maximum atomic E-state index is 7.59. The minimum Gasteiger partial charge on any atom is -0.406 e. The molecule has 0 N–H and O–H groups in total. The Kier molecular flexibility index (Phi) is 9.02. The van der Waals surface area contributed by atoms with E-state index in [0.717, 1.165) is 5.92 Å². The minimum atomic E-state index is -2.66. The lowest BCUT2D eigenvalue weighted by Gasteiger charge is -2.44. The van der Waals surface area contributed by atoms with Crippen LogP contribution < -0.4 is 10.4 Å². The second-order valence-corrected chi connectivity index (χ2v) is 17.9. The maximum Gasteiger partial charge on any atom is 0.261 e. The van der Waals surface area contributed by atoms with Crippen molar-refractivity contribution in [2.24, 2.45) is 17.8 Å². The molecule has 0 bridgehead atoms. The standard InChI is InChI=1S/C39H48OSi/c1-29(2)36-25-24-30(3)26-32(36)27-33(38-23-15-17-31-16-13-14-22-37(31)38)28-40-41(39(4,5)6,34-18-9-7-10-19-34)35-20-11-8-12-21-35/h7-23,27,29-30,33,36H,24-26,28H2,1-6H3/b32-27+/t30-,33-,36+/m1/s1. The van der Waals surface area contributed by atoms with E-state index < -0.39 is 8.32 Å². The molecule has 0 radical (unpaired) electrons. The molecule has 4 aromatic carbocycles. The van der Waals surface area contributed by atoms with E-state index in [2.05, 4.69) is 151 Å². The molecule has 1 saturated carbocycles. The summed E-state index contributed by atoms with van der Waals surface area (Å²) in [5.41, 5.74) is 3.02. The van der Waals surface area contributed by atoms with Crippen LogP contribution >= 0.6 is 0 Å². The zero-order valence-corrected chi connectivity index (χ0v) is 26.9. The van der Waals surface area contributed by atoms with Gasteiger partial charge < -0.3 is 4.43 Å². The summed E-state index contributed by atoms with van der Waals surface area (Å²) in [6, 6.07) is 37.8. The summed E-state index contributed by atoms with van der Waals surface area (Å²) in [5, 5.41) is 5.28. The number of hydrogen-bond donors (Lipinski definition) is 0. The van der Waals surface area contributed by atoms with E-state index in [1.54, 1.807) is 5.57 Å². The average molecular weight is 561 g/mol. The number of rotatable bonds is 8. The molecule has 0 unspecified atom stereocenters. The monoisotopic (exact) mass is 560 g/mol. The first kappa shape index (κ1) is 29.5. The highest BCUT2D eigenvalue weighted by molar-refractivity contribution is 6.99. The zero-order chi connectivity index (χ0) is 29.0. The van der Waals surface area contributed by atoms with Gasteiger partial charge in [0.15, 0.2) is 0 Å². The van der Waals surface area contributed by atoms with Gasteiger partial charge in [-0.3, -0.25) is 0 Å². The Hall–Kier alpha value is -2.94. The van der Waals surface area contributed by atoms with Crippen LogP contribution in [-0.4, -0.2) is 14.9 Å². The van der Waals surface area contributed by atoms with Gasteiger partial charge in [-0.1, -0.05) is 156 Å². The van der Waals surface area contributed by atoms with Crippen LogP contribution in [0.2, 0.25) is 5.04 Å². The molecule has 0 heterocycles. The lowest BCUT2D eigenvalue weighted by atomic mass is 9.72. The first-order valence-electron chi connectivity index (χ1n) is 15.6. The van der Waals surface area contributed by atoms with Gasteiger partial charge >= 0.3 is 0 Å². The second-order valence-electron chi connectivity index (χ2n) is 13.6. The molecule has 1 fully saturated rings. The molecular weight excluding hydrogens is 513 g/mol. The van der Waals surface area contributed by atoms with E-state index in [-0.39, 0.29) is 11.0 Å². The summed E-state index contributed by atoms with van der Waals surface area (Å²) in [7, 11) is -2.66. The van der Waals surface area contributed by atoms with Gasteiger partial charge in [0, 0.05) is 12.5 Å². The van der Waals surface area contributed by atoms with Gasteiger partial charge in [-0.05, 0) is 68.8 Å². The van der Waals surface area contributed by atoms with Crippen molar-refractivity contribution in [2.75, 3.05) is 6.61 Å². The van der Waals surface area contributed by atoms with Gasteiger partial charge in [-0.15, -0.1) is 0 Å². The minimum absolute atomic E-state index is 0.0496. The highest BCUT2D eigenvalue weighted by Gasteiger charge is 2.50. The Labute approximate surface area is 249 Å². The first-order valence-corrected chi connectivity index (χ1v) is 17.5. The van der Waals surface area contributed by atoms with Gasteiger partial charge in [0.1, 0.15) is 0 Å². The molecule has 1 aliphatic carbocycles. The Morgan fingerprint density at radius 1 is 0.780 bits per heavy atom. The van der Waals surface area contributed by atoms with E-state index in [1.165, 1.54) is 46.0 Å². The van der Waals surface area contributed by atoms with Crippen molar-refractivity contribution >= 4 is 29.5 Å². The third-order valence-corrected chi connectivity index (χ3v) is 14.4. The Morgan fingerprint density at radius 2 is 1.37 bits per heavy atom. The number of hydrogen-bond acceptors (Lipinski definition) is 1. The van der Waals surface area contributed by atoms with Crippen LogP contribution in [0.25, 0.3) is 10.8 Å². The van der Waals surface area contributed by atoms with Crippen LogP contribution in [0.3, 0.4) is 0 Å². The van der Waals surface area contributed by atoms with Crippen molar-refractivity contribution in [3.63, 3.8) is 0 Å². The van der Waals surface area contributed by atoms with Crippen LogP contribution in [-0.2, 0) is 4.43 Å². The highest BCUT2D eigenvalue weighted by Crippen LogP contribution is 2.42. The Balaban J connectivity index is 1.66. The van der Waals surface area contributed by atoms with E-state index in [9.17, 15) is 0 Å². The summed E-state index contributed by atoms with van der Waals surface area (Å²) >= 11 is 0. The smallest absolute Gasteiger partial charge is 0.261 e. The van der Waals surface area contributed by atoms with Crippen LogP contribution in [0.4, 0.5) is 0 Å². The molecule has 4 aromatic rings. The van der Waals surface area contributed by atoms with Crippen LogP contribution in [0.15, 0.2) is 115 Å².